The Bertz CT molecular complexity index is 403. The highest BCUT2D eigenvalue weighted by atomic mass is 19.1. The minimum Gasteiger partial charge on any atom is -0.321 e. The molecule has 2 aliphatic carbocycles. The van der Waals surface area contributed by atoms with Gasteiger partial charge in [-0.15, -0.1) is 0 Å². The SMILES string of the molecule is NC1(c2ccc(C3CC3)c(F)c2)CCCC1. The first-order valence-corrected chi connectivity index (χ1v) is 6.28. The molecular formula is C14H18FN. The van der Waals surface area contributed by atoms with Crippen LogP contribution in [0.15, 0.2) is 18.2 Å². The molecule has 3 rings (SSSR count). The summed E-state index contributed by atoms with van der Waals surface area (Å²) in [6.45, 7) is 0. The third-order valence-corrected chi connectivity index (χ3v) is 4.09. The Balaban J connectivity index is 1.93. The summed E-state index contributed by atoms with van der Waals surface area (Å²) in [5, 5.41) is 0. The van der Waals surface area contributed by atoms with Crippen LogP contribution in [0.25, 0.3) is 0 Å². The summed E-state index contributed by atoms with van der Waals surface area (Å²) >= 11 is 0. The van der Waals surface area contributed by atoms with Gasteiger partial charge < -0.3 is 5.73 Å². The highest BCUT2D eigenvalue weighted by molar-refractivity contribution is 5.33. The fourth-order valence-electron chi connectivity index (χ4n) is 2.86. The molecule has 2 N–H and O–H groups in total. The van der Waals surface area contributed by atoms with Gasteiger partial charge >= 0.3 is 0 Å². The van der Waals surface area contributed by atoms with Gasteiger partial charge in [0.1, 0.15) is 5.82 Å². The maximum absolute atomic E-state index is 13.9. The summed E-state index contributed by atoms with van der Waals surface area (Å²) in [6.07, 6.45) is 6.61. The Labute approximate surface area is 95.8 Å². The van der Waals surface area contributed by atoms with E-state index in [2.05, 4.69) is 0 Å². The molecule has 86 valence electrons. The van der Waals surface area contributed by atoms with Gasteiger partial charge in [-0.05, 0) is 48.8 Å². The van der Waals surface area contributed by atoms with E-state index in [9.17, 15) is 4.39 Å². The van der Waals surface area contributed by atoms with Crippen LogP contribution in [0.2, 0.25) is 0 Å². The number of rotatable bonds is 2. The van der Waals surface area contributed by atoms with Crippen LogP contribution in [0.3, 0.4) is 0 Å². The van der Waals surface area contributed by atoms with E-state index in [1.807, 2.05) is 12.1 Å². The Hall–Kier alpha value is -0.890. The minimum atomic E-state index is -0.261. The topological polar surface area (TPSA) is 26.0 Å². The van der Waals surface area contributed by atoms with E-state index in [4.69, 9.17) is 5.73 Å². The third kappa shape index (κ3) is 1.65. The predicted molar refractivity (Wildman–Crippen MR) is 62.7 cm³/mol. The van der Waals surface area contributed by atoms with Gasteiger partial charge in [0, 0.05) is 5.54 Å². The normalized spacial score (nSPS) is 23.6. The molecule has 0 spiro atoms. The summed E-state index contributed by atoms with van der Waals surface area (Å²) < 4.78 is 13.9. The van der Waals surface area contributed by atoms with E-state index in [1.54, 1.807) is 6.07 Å². The van der Waals surface area contributed by atoms with Crippen LogP contribution >= 0.6 is 0 Å². The lowest BCUT2D eigenvalue weighted by molar-refractivity contribution is 0.457. The van der Waals surface area contributed by atoms with Crippen LogP contribution in [0.5, 0.6) is 0 Å². The zero-order chi connectivity index (χ0) is 11.2. The van der Waals surface area contributed by atoms with Gasteiger partial charge in [-0.25, -0.2) is 4.39 Å². The predicted octanol–water partition coefficient (Wildman–Crippen LogP) is 3.43. The molecule has 1 aromatic carbocycles. The lowest BCUT2D eigenvalue weighted by Gasteiger charge is -2.24. The molecule has 16 heavy (non-hydrogen) atoms. The third-order valence-electron chi connectivity index (χ3n) is 4.09. The first kappa shape index (κ1) is 10.3. The second kappa shape index (κ2) is 3.56. The fourth-order valence-corrected chi connectivity index (χ4v) is 2.86. The van der Waals surface area contributed by atoms with Gasteiger partial charge in [-0.1, -0.05) is 25.0 Å². The average Bonchev–Trinajstić information content (AvgIpc) is 3.01. The molecule has 0 bridgehead atoms. The van der Waals surface area contributed by atoms with Gasteiger partial charge in [0.2, 0.25) is 0 Å². The van der Waals surface area contributed by atoms with Crippen molar-refractivity contribution in [1.29, 1.82) is 0 Å². The van der Waals surface area contributed by atoms with Crippen LogP contribution in [0, 0.1) is 5.82 Å². The highest BCUT2D eigenvalue weighted by Crippen LogP contribution is 2.43. The summed E-state index contributed by atoms with van der Waals surface area (Å²) in [7, 11) is 0. The molecule has 0 aromatic heterocycles. The van der Waals surface area contributed by atoms with Gasteiger partial charge in [-0.2, -0.15) is 0 Å². The van der Waals surface area contributed by atoms with E-state index in [0.717, 1.165) is 36.8 Å². The number of halogens is 1. The second-order valence-electron chi connectivity index (χ2n) is 5.37. The van der Waals surface area contributed by atoms with Crippen LogP contribution in [-0.2, 0) is 5.54 Å². The molecule has 1 aromatic rings. The molecule has 0 saturated heterocycles. The number of hydrogen-bond donors (Lipinski definition) is 1. The van der Waals surface area contributed by atoms with Crippen molar-refractivity contribution in [2.45, 2.75) is 50.0 Å². The molecule has 2 fully saturated rings. The van der Waals surface area contributed by atoms with Crippen molar-refractivity contribution in [3.8, 4) is 0 Å². The van der Waals surface area contributed by atoms with E-state index in [-0.39, 0.29) is 11.4 Å². The van der Waals surface area contributed by atoms with Crippen molar-refractivity contribution in [2.24, 2.45) is 5.73 Å². The first-order chi connectivity index (χ1) is 7.69. The van der Waals surface area contributed by atoms with E-state index < -0.39 is 0 Å². The van der Waals surface area contributed by atoms with Crippen molar-refractivity contribution in [2.75, 3.05) is 0 Å². The summed E-state index contributed by atoms with van der Waals surface area (Å²) in [5.74, 6) is 0.433. The molecule has 2 heteroatoms. The highest BCUT2D eigenvalue weighted by Gasteiger charge is 2.33. The monoisotopic (exact) mass is 219 g/mol. The maximum Gasteiger partial charge on any atom is 0.127 e. The molecule has 0 aliphatic heterocycles. The number of benzene rings is 1. The first-order valence-electron chi connectivity index (χ1n) is 6.28. The Kier molecular flexibility index (Phi) is 2.28. The Morgan fingerprint density at radius 2 is 1.88 bits per heavy atom. The lowest BCUT2D eigenvalue weighted by atomic mass is 9.88. The Morgan fingerprint density at radius 3 is 2.44 bits per heavy atom. The van der Waals surface area contributed by atoms with Gasteiger partial charge in [0.15, 0.2) is 0 Å². The van der Waals surface area contributed by atoms with Gasteiger partial charge in [0.25, 0.3) is 0 Å². The zero-order valence-electron chi connectivity index (χ0n) is 9.51. The van der Waals surface area contributed by atoms with Gasteiger partial charge in [-0.3, -0.25) is 0 Å². The quantitative estimate of drug-likeness (QED) is 0.810. The zero-order valence-corrected chi connectivity index (χ0v) is 9.51. The van der Waals surface area contributed by atoms with E-state index in [1.165, 1.54) is 12.8 Å². The average molecular weight is 219 g/mol. The molecule has 0 heterocycles. The molecule has 2 aliphatic rings. The molecule has 0 radical (unpaired) electrons. The van der Waals surface area contributed by atoms with E-state index >= 15 is 0 Å². The smallest absolute Gasteiger partial charge is 0.127 e. The molecule has 2 saturated carbocycles. The van der Waals surface area contributed by atoms with Crippen molar-refractivity contribution in [1.82, 2.24) is 0 Å². The molecule has 0 unspecified atom stereocenters. The second-order valence-corrected chi connectivity index (χ2v) is 5.37. The van der Waals surface area contributed by atoms with Crippen LogP contribution in [0.4, 0.5) is 4.39 Å². The van der Waals surface area contributed by atoms with Gasteiger partial charge in [0.05, 0.1) is 0 Å². The molecule has 0 atom stereocenters. The van der Waals surface area contributed by atoms with Crippen molar-refractivity contribution >= 4 is 0 Å². The van der Waals surface area contributed by atoms with Crippen molar-refractivity contribution < 1.29 is 4.39 Å². The van der Waals surface area contributed by atoms with Crippen LogP contribution < -0.4 is 5.73 Å². The van der Waals surface area contributed by atoms with Crippen LogP contribution in [-0.4, -0.2) is 0 Å². The standard InChI is InChI=1S/C14H18FN/c15-13-9-11(14(16)7-1-2-8-14)5-6-12(13)10-3-4-10/h5-6,9-10H,1-4,7-8,16H2. The summed E-state index contributed by atoms with van der Waals surface area (Å²) in [5.41, 5.74) is 7.95. The molecular weight excluding hydrogens is 201 g/mol. The molecule has 0 amide bonds. The fraction of sp³-hybridized carbons (Fsp3) is 0.571. The lowest BCUT2D eigenvalue weighted by Crippen LogP contribution is -2.33. The van der Waals surface area contributed by atoms with Crippen LogP contribution in [0.1, 0.15) is 55.6 Å². The minimum absolute atomic E-state index is 0.0447. The maximum atomic E-state index is 13.9. The van der Waals surface area contributed by atoms with Crippen molar-refractivity contribution in [3.63, 3.8) is 0 Å². The Morgan fingerprint density at radius 1 is 1.19 bits per heavy atom. The largest absolute Gasteiger partial charge is 0.321 e. The molecule has 1 nitrogen and oxygen atoms in total. The van der Waals surface area contributed by atoms with Crippen molar-refractivity contribution in [3.05, 3.63) is 35.1 Å². The number of hydrogen-bond acceptors (Lipinski definition) is 1. The van der Waals surface area contributed by atoms with E-state index in [0.29, 0.717) is 5.92 Å². The summed E-state index contributed by atoms with van der Waals surface area (Å²) in [4.78, 5) is 0. The summed E-state index contributed by atoms with van der Waals surface area (Å²) in [6, 6.07) is 5.68. The number of nitrogens with two attached hydrogens (primary N) is 1.